The Morgan fingerprint density at radius 2 is 2.30 bits per heavy atom. The lowest BCUT2D eigenvalue weighted by molar-refractivity contribution is 0.636. The van der Waals surface area contributed by atoms with Crippen molar-refractivity contribution >= 4 is 11.8 Å². The first-order valence-electron chi connectivity index (χ1n) is 6.68. The van der Waals surface area contributed by atoms with Crippen molar-refractivity contribution in [3.05, 3.63) is 34.4 Å². The van der Waals surface area contributed by atoms with Crippen LogP contribution < -0.4 is 11.4 Å². The maximum absolute atomic E-state index is 11.6. The monoisotopic (exact) mass is 293 g/mol. The molecule has 1 unspecified atom stereocenters. The molecule has 6 nitrogen and oxygen atoms in total. The number of nitrogens with two attached hydrogens (primary N) is 1. The van der Waals surface area contributed by atoms with E-state index in [1.165, 1.54) is 11.8 Å². The van der Waals surface area contributed by atoms with Gasteiger partial charge < -0.3 is 5.73 Å². The molecule has 20 heavy (non-hydrogen) atoms. The van der Waals surface area contributed by atoms with Crippen molar-refractivity contribution in [2.75, 3.05) is 0 Å². The molecule has 0 aliphatic heterocycles. The molecule has 0 saturated heterocycles. The van der Waals surface area contributed by atoms with Gasteiger partial charge in [0.2, 0.25) is 0 Å². The molecule has 2 aromatic rings. The van der Waals surface area contributed by atoms with E-state index in [1.807, 2.05) is 19.1 Å². The average molecular weight is 293 g/mol. The number of hydrogen-bond donors (Lipinski definition) is 2. The van der Waals surface area contributed by atoms with Gasteiger partial charge in [-0.05, 0) is 43.2 Å². The number of nitrogens with one attached hydrogen (secondary N) is 1. The zero-order valence-corrected chi connectivity index (χ0v) is 12.5. The lowest BCUT2D eigenvalue weighted by Gasteiger charge is -2.11. The molecular weight excluding hydrogens is 274 g/mol. The van der Waals surface area contributed by atoms with Crippen LogP contribution in [-0.2, 0) is 13.0 Å². The van der Waals surface area contributed by atoms with Crippen LogP contribution in [0.1, 0.15) is 25.8 Å². The van der Waals surface area contributed by atoms with Gasteiger partial charge in [-0.2, -0.15) is 0 Å². The topological polar surface area (TPSA) is 89.6 Å². The Labute approximate surface area is 121 Å². The first kappa shape index (κ1) is 14.8. The molecule has 0 radical (unpaired) electrons. The van der Waals surface area contributed by atoms with Crippen LogP contribution in [0.25, 0.3) is 0 Å². The minimum absolute atomic E-state index is 0.117. The van der Waals surface area contributed by atoms with Crippen molar-refractivity contribution in [3.8, 4) is 0 Å². The van der Waals surface area contributed by atoms with E-state index in [1.54, 1.807) is 10.8 Å². The lowest BCUT2D eigenvalue weighted by Crippen LogP contribution is -2.22. The highest BCUT2D eigenvalue weighted by Crippen LogP contribution is 2.27. The van der Waals surface area contributed by atoms with E-state index >= 15 is 0 Å². The van der Waals surface area contributed by atoms with Crippen molar-refractivity contribution in [2.45, 2.75) is 49.5 Å². The molecule has 0 fully saturated rings. The highest BCUT2D eigenvalue weighted by Gasteiger charge is 2.13. The second kappa shape index (κ2) is 6.71. The zero-order valence-electron chi connectivity index (χ0n) is 11.7. The van der Waals surface area contributed by atoms with E-state index in [0.717, 1.165) is 23.4 Å². The Morgan fingerprint density at radius 1 is 1.50 bits per heavy atom. The number of rotatable bonds is 6. The Balaban J connectivity index is 2.27. The van der Waals surface area contributed by atoms with Crippen molar-refractivity contribution in [1.29, 1.82) is 0 Å². The van der Waals surface area contributed by atoms with E-state index in [4.69, 9.17) is 5.73 Å². The van der Waals surface area contributed by atoms with Crippen LogP contribution in [0, 0.1) is 0 Å². The smallest absolute Gasteiger partial charge is 0.327 e. The molecule has 0 bridgehead atoms. The van der Waals surface area contributed by atoms with Crippen molar-refractivity contribution in [3.63, 3.8) is 0 Å². The van der Waals surface area contributed by atoms with E-state index in [9.17, 15) is 4.79 Å². The fourth-order valence-corrected chi connectivity index (χ4v) is 2.83. The first-order valence-corrected chi connectivity index (χ1v) is 7.49. The molecular formula is C13H19N5OS. The standard InChI is InChI=1S/C13H19N5OS/c1-3-10(14)8-9-6-5-7-15-11(9)20-13-17-16-12(19)18(13)4-2/h5-7,10H,3-4,8,14H2,1-2H3,(H,16,19). The summed E-state index contributed by atoms with van der Waals surface area (Å²) in [6.07, 6.45) is 3.43. The number of nitrogens with zero attached hydrogens (tertiary/aromatic N) is 3. The van der Waals surface area contributed by atoms with E-state index < -0.39 is 0 Å². The molecule has 0 spiro atoms. The van der Waals surface area contributed by atoms with E-state index in [-0.39, 0.29) is 11.7 Å². The fourth-order valence-electron chi connectivity index (χ4n) is 1.84. The van der Waals surface area contributed by atoms with Crippen LogP contribution in [0.15, 0.2) is 33.3 Å². The Morgan fingerprint density at radius 3 is 3.00 bits per heavy atom. The van der Waals surface area contributed by atoms with Crippen molar-refractivity contribution in [2.24, 2.45) is 5.73 Å². The molecule has 0 amide bonds. The Bertz CT molecular complexity index is 621. The van der Waals surface area contributed by atoms with Crippen LogP contribution in [0.5, 0.6) is 0 Å². The van der Waals surface area contributed by atoms with Crippen LogP contribution in [-0.4, -0.2) is 25.8 Å². The van der Waals surface area contributed by atoms with Gasteiger partial charge in [-0.3, -0.25) is 4.57 Å². The molecule has 0 saturated carbocycles. The molecule has 7 heteroatoms. The highest BCUT2D eigenvalue weighted by atomic mass is 32.2. The molecule has 0 aromatic carbocycles. The van der Waals surface area contributed by atoms with Gasteiger partial charge in [0.25, 0.3) is 0 Å². The molecule has 0 aliphatic rings. The number of aromatic nitrogens is 4. The summed E-state index contributed by atoms with van der Waals surface area (Å²) in [7, 11) is 0. The predicted molar refractivity (Wildman–Crippen MR) is 78.9 cm³/mol. The normalized spacial score (nSPS) is 12.6. The highest BCUT2D eigenvalue weighted by molar-refractivity contribution is 7.99. The van der Waals surface area contributed by atoms with Gasteiger partial charge in [-0.1, -0.05) is 13.0 Å². The predicted octanol–water partition coefficient (Wildman–Crippen LogP) is 1.42. The van der Waals surface area contributed by atoms with Gasteiger partial charge in [0.15, 0.2) is 5.16 Å². The van der Waals surface area contributed by atoms with E-state index in [2.05, 4.69) is 22.1 Å². The van der Waals surface area contributed by atoms with Gasteiger partial charge in [-0.15, -0.1) is 5.10 Å². The molecule has 1 atom stereocenters. The van der Waals surface area contributed by atoms with Gasteiger partial charge >= 0.3 is 5.69 Å². The van der Waals surface area contributed by atoms with Crippen molar-refractivity contribution in [1.82, 2.24) is 19.7 Å². The third-order valence-electron chi connectivity index (χ3n) is 3.08. The molecule has 108 valence electrons. The van der Waals surface area contributed by atoms with Crippen LogP contribution >= 0.6 is 11.8 Å². The number of aromatic amines is 1. The average Bonchev–Trinajstić information content (AvgIpc) is 2.81. The summed E-state index contributed by atoms with van der Waals surface area (Å²) in [5, 5.41) is 7.98. The molecule has 2 heterocycles. The van der Waals surface area contributed by atoms with Gasteiger partial charge in [0.05, 0.1) is 0 Å². The molecule has 3 N–H and O–H groups in total. The summed E-state index contributed by atoms with van der Waals surface area (Å²) in [5.74, 6) is 0. The van der Waals surface area contributed by atoms with E-state index in [0.29, 0.717) is 11.7 Å². The van der Waals surface area contributed by atoms with Crippen LogP contribution in [0.2, 0.25) is 0 Å². The minimum atomic E-state index is -0.197. The second-order valence-corrected chi connectivity index (χ2v) is 5.45. The Kier molecular flexibility index (Phi) is 4.97. The maximum atomic E-state index is 11.6. The SMILES string of the molecule is CCC(N)Cc1cccnc1Sc1n[nH]c(=O)n1CC. The van der Waals surface area contributed by atoms with Crippen molar-refractivity contribution < 1.29 is 0 Å². The number of pyridine rings is 1. The number of H-pyrrole nitrogens is 1. The van der Waals surface area contributed by atoms with Gasteiger partial charge in [0, 0.05) is 18.8 Å². The fraction of sp³-hybridized carbons (Fsp3) is 0.462. The Hall–Kier alpha value is -1.60. The summed E-state index contributed by atoms with van der Waals surface area (Å²) >= 11 is 1.39. The van der Waals surface area contributed by atoms with Crippen LogP contribution in [0.4, 0.5) is 0 Å². The summed E-state index contributed by atoms with van der Waals surface area (Å²) in [6.45, 7) is 4.55. The minimum Gasteiger partial charge on any atom is -0.327 e. The lowest BCUT2D eigenvalue weighted by atomic mass is 10.1. The third kappa shape index (κ3) is 3.29. The molecule has 0 aliphatic carbocycles. The third-order valence-corrected chi connectivity index (χ3v) is 4.14. The molecule has 2 aromatic heterocycles. The largest absolute Gasteiger partial charge is 0.343 e. The van der Waals surface area contributed by atoms with Gasteiger partial charge in [-0.25, -0.2) is 14.9 Å². The first-order chi connectivity index (χ1) is 9.65. The number of hydrogen-bond acceptors (Lipinski definition) is 5. The maximum Gasteiger partial charge on any atom is 0.343 e. The molecule has 2 rings (SSSR count). The van der Waals surface area contributed by atoms with Crippen LogP contribution in [0.3, 0.4) is 0 Å². The summed E-state index contributed by atoms with van der Waals surface area (Å²) < 4.78 is 1.59. The zero-order chi connectivity index (χ0) is 14.5. The quantitative estimate of drug-likeness (QED) is 0.840. The summed E-state index contributed by atoms with van der Waals surface area (Å²) in [5.41, 5.74) is 6.90. The summed E-state index contributed by atoms with van der Waals surface area (Å²) in [6, 6.07) is 4.04. The summed E-state index contributed by atoms with van der Waals surface area (Å²) in [4.78, 5) is 15.9. The second-order valence-electron chi connectivity index (χ2n) is 4.50. The van der Waals surface area contributed by atoms with Gasteiger partial charge in [0.1, 0.15) is 5.03 Å².